The van der Waals surface area contributed by atoms with Gasteiger partial charge in [0.1, 0.15) is 0 Å². The fraction of sp³-hybridized carbons (Fsp3) is 0.250. The molecule has 0 atom stereocenters. The number of carbonyl (C=O) groups excluding carboxylic acids is 1. The van der Waals surface area contributed by atoms with Crippen LogP contribution in [-0.4, -0.2) is 24.8 Å². The summed E-state index contributed by atoms with van der Waals surface area (Å²) in [5.41, 5.74) is 2.89. The van der Waals surface area contributed by atoms with E-state index in [0.717, 1.165) is 23.1 Å². The Hall–Kier alpha value is -1.57. The predicted octanol–water partition coefficient (Wildman–Crippen LogP) is 1.87. The fourth-order valence-corrected chi connectivity index (χ4v) is 1.77. The Labute approximate surface area is 83.8 Å². The first-order chi connectivity index (χ1) is 6.68. The molecule has 0 N–H and O–H groups in total. The summed E-state index contributed by atoms with van der Waals surface area (Å²) in [6.45, 7) is 0. The molecule has 2 heteroatoms. The van der Waals surface area contributed by atoms with Gasteiger partial charge in [0.25, 0.3) is 0 Å². The van der Waals surface area contributed by atoms with Gasteiger partial charge in [-0.15, -0.1) is 0 Å². The van der Waals surface area contributed by atoms with Crippen LogP contribution in [-0.2, 0) is 6.42 Å². The number of ketones is 1. The maximum absolute atomic E-state index is 11.8. The Morgan fingerprint density at radius 3 is 2.64 bits per heavy atom. The molecule has 1 aliphatic rings. The van der Waals surface area contributed by atoms with Crippen molar-refractivity contribution in [2.24, 2.45) is 0 Å². The number of hydrogen-bond donors (Lipinski definition) is 0. The molecule has 0 fully saturated rings. The molecule has 2 nitrogen and oxygen atoms in total. The molecule has 14 heavy (non-hydrogen) atoms. The van der Waals surface area contributed by atoms with Gasteiger partial charge in [0.2, 0.25) is 0 Å². The van der Waals surface area contributed by atoms with Crippen molar-refractivity contribution < 1.29 is 4.79 Å². The minimum Gasteiger partial charge on any atom is -0.383 e. The number of hydrogen-bond acceptors (Lipinski definition) is 2. The Balaban J connectivity index is 2.39. The maximum atomic E-state index is 11.8. The van der Waals surface area contributed by atoms with Crippen molar-refractivity contribution in [3.8, 4) is 0 Å². The molecule has 0 aliphatic heterocycles. The minimum atomic E-state index is 0.175. The summed E-state index contributed by atoms with van der Waals surface area (Å²) in [7, 11) is 3.87. The molecule has 0 spiro atoms. The number of Topliss-reactive ketones (excluding diaryl/α,β-unsaturated/α-hetero) is 1. The van der Waals surface area contributed by atoms with E-state index in [1.165, 1.54) is 0 Å². The number of rotatable bonds is 1. The zero-order chi connectivity index (χ0) is 10.1. The van der Waals surface area contributed by atoms with E-state index in [2.05, 4.69) is 0 Å². The normalized spacial score (nSPS) is 17.3. The second kappa shape index (κ2) is 3.29. The van der Waals surface area contributed by atoms with Gasteiger partial charge >= 0.3 is 0 Å². The Bertz CT molecular complexity index is 405. The van der Waals surface area contributed by atoms with E-state index in [-0.39, 0.29) is 5.78 Å². The first-order valence-corrected chi connectivity index (χ1v) is 4.68. The Kier molecular flexibility index (Phi) is 2.12. The molecule has 72 valence electrons. The minimum absolute atomic E-state index is 0.175. The summed E-state index contributed by atoms with van der Waals surface area (Å²) in [5, 5.41) is 0. The molecule has 0 bridgehead atoms. The van der Waals surface area contributed by atoms with Gasteiger partial charge in [-0.3, -0.25) is 4.79 Å². The van der Waals surface area contributed by atoms with Gasteiger partial charge in [0.15, 0.2) is 5.78 Å². The molecule has 0 unspecified atom stereocenters. The van der Waals surface area contributed by atoms with Gasteiger partial charge in [0, 0.05) is 37.9 Å². The first kappa shape index (κ1) is 9.00. The quantitative estimate of drug-likeness (QED) is 0.625. The topological polar surface area (TPSA) is 20.3 Å². The molecule has 0 radical (unpaired) electrons. The van der Waals surface area contributed by atoms with Gasteiger partial charge in [-0.05, 0) is 5.56 Å². The third kappa shape index (κ3) is 1.43. The summed E-state index contributed by atoms with van der Waals surface area (Å²) in [5.74, 6) is 0.175. The zero-order valence-corrected chi connectivity index (χ0v) is 8.45. The van der Waals surface area contributed by atoms with Crippen LogP contribution in [0.5, 0.6) is 0 Å². The van der Waals surface area contributed by atoms with Crippen molar-refractivity contribution in [3.63, 3.8) is 0 Å². The van der Waals surface area contributed by atoms with Gasteiger partial charge in [-0.25, -0.2) is 0 Å². The highest BCUT2D eigenvalue weighted by Gasteiger charge is 2.23. The lowest BCUT2D eigenvalue weighted by Gasteiger charge is -2.05. The Morgan fingerprint density at radius 1 is 1.29 bits per heavy atom. The van der Waals surface area contributed by atoms with Crippen molar-refractivity contribution in [3.05, 3.63) is 47.2 Å². The van der Waals surface area contributed by atoms with Crippen LogP contribution in [0.15, 0.2) is 36.0 Å². The number of carbonyl (C=O) groups is 1. The number of allylic oxidation sites excluding steroid dienone is 1. The molecular weight excluding hydrogens is 174 g/mol. The van der Waals surface area contributed by atoms with E-state index >= 15 is 0 Å². The van der Waals surface area contributed by atoms with E-state index in [4.69, 9.17) is 0 Å². The highest BCUT2D eigenvalue weighted by Crippen LogP contribution is 2.25. The van der Waals surface area contributed by atoms with Gasteiger partial charge < -0.3 is 4.90 Å². The van der Waals surface area contributed by atoms with Crippen molar-refractivity contribution in [1.82, 2.24) is 4.90 Å². The van der Waals surface area contributed by atoms with Crippen LogP contribution in [0.25, 0.3) is 0 Å². The molecule has 0 aromatic heterocycles. The fourth-order valence-electron chi connectivity index (χ4n) is 1.77. The van der Waals surface area contributed by atoms with Gasteiger partial charge in [-0.2, -0.15) is 0 Å². The van der Waals surface area contributed by atoms with E-state index in [1.807, 2.05) is 49.5 Å². The largest absolute Gasteiger partial charge is 0.383 e. The van der Waals surface area contributed by atoms with Crippen molar-refractivity contribution >= 4 is 5.78 Å². The SMILES string of the molecule is CN(C)/C=C1\Cc2ccccc2C1=O. The summed E-state index contributed by atoms with van der Waals surface area (Å²) in [6, 6.07) is 7.80. The lowest BCUT2D eigenvalue weighted by molar-refractivity contribution is 0.103. The van der Waals surface area contributed by atoms with Crippen LogP contribution in [0.2, 0.25) is 0 Å². The average molecular weight is 187 g/mol. The lowest BCUT2D eigenvalue weighted by atomic mass is 10.1. The molecule has 0 saturated carbocycles. The monoisotopic (exact) mass is 187 g/mol. The van der Waals surface area contributed by atoms with Crippen LogP contribution < -0.4 is 0 Å². The molecule has 1 aromatic carbocycles. The van der Waals surface area contributed by atoms with Crippen LogP contribution in [0.4, 0.5) is 0 Å². The molecule has 2 rings (SSSR count). The van der Waals surface area contributed by atoms with E-state index in [9.17, 15) is 4.79 Å². The molecule has 1 aliphatic carbocycles. The predicted molar refractivity (Wildman–Crippen MR) is 56.2 cm³/mol. The molecule has 1 aromatic rings. The summed E-state index contributed by atoms with van der Waals surface area (Å²) in [4.78, 5) is 13.8. The molecular formula is C12H13NO. The van der Waals surface area contributed by atoms with Crippen molar-refractivity contribution in [2.75, 3.05) is 14.1 Å². The second-order valence-electron chi connectivity index (χ2n) is 3.78. The summed E-state index contributed by atoms with van der Waals surface area (Å²) < 4.78 is 0. The molecule has 0 heterocycles. The van der Waals surface area contributed by atoms with E-state index in [0.29, 0.717) is 0 Å². The summed E-state index contributed by atoms with van der Waals surface area (Å²) in [6.07, 6.45) is 2.68. The standard InChI is InChI=1S/C12H13NO/c1-13(2)8-10-7-9-5-3-4-6-11(9)12(10)14/h3-6,8H,7H2,1-2H3/b10-8+. The number of nitrogens with zero attached hydrogens (tertiary/aromatic N) is 1. The molecule has 0 amide bonds. The van der Waals surface area contributed by atoms with Crippen LogP contribution in [0.1, 0.15) is 15.9 Å². The van der Waals surface area contributed by atoms with Crippen LogP contribution >= 0.6 is 0 Å². The van der Waals surface area contributed by atoms with E-state index in [1.54, 1.807) is 0 Å². The highest BCUT2D eigenvalue weighted by atomic mass is 16.1. The lowest BCUT2D eigenvalue weighted by Crippen LogP contribution is -2.06. The highest BCUT2D eigenvalue weighted by molar-refractivity contribution is 6.13. The smallest absolute Gasteiger partial charge is 0.191 e. The third-order valence-corrected chi connectivity index (χ3v) is 2.35. The van der Waals surface area contributed by atoms with Crippen LogP contribution in [0, 0.1) is 0 Å². The second-order valence-corrected chi connectivity index (χ2v) is 3.78. The zero-order valence-electron chi connectivity index (χ0n) is 8.45. The Morgan fingerprint density at radius 2 is 2.00 bits per heavy atom. The van der Waals surface area contributed by atoms with Gasteiger partial charge in [-0.1, -0.05) is 24.3 Å². The van der Waals surface area contributed by atoms with E-state index < -0.39 is 0 Å². The average Bonchev–Trinajstić information content (AvgIpc) is 2.44. The molecule has 0 saturated heterocycles. The number of benzene rings is 1. The van der Waals surface area contributed by atoms with Crippen molar-refractivity contribution in [1.29, 1.82) is 0 Å². The summed E-state index contributed by atoms with van der Waals surface area (Å²) >= 11 is 0. The van der Waals surface area contributed by atoms with Crippen LogP contribution in [0.3, 0.4) is 0 Å². The van der Waals surface area contributed by atoms with Crippen molar-refractivity contribution in [2.45, 2.75) is 6.42 Å². The number of fused-ring (bicyclic) bond motifs is 1. The first-order valence-electron chi connectivity index (χ1n) is 4.68. The van der Waals surface area contributed by atoms with Gasteiger partial charge in [0.05, 0.1) is 0 Å². The third-order valence-electron chi connectivity index (χ3n) is 2.35. The maximum Gasteiger partial charge on any atom is 0.191 e.